The van der Waals surface area contributed by atoms with Gasteiger partial charge in [0.15, 0.2) is 0 Å². The van der Waals surface area contributed by atoms with Crippen LogP contribution in [0.2, 0.25) is 0 Å². The van der Waals surface area contributed by atoms with Crippen LogP contribution in [0.1, 0.15) is 35.4 Å². The van der Waals surface area contributed by atoms with Crippen LogP contribution < -0.4 is 5.32 Å². The first-order chi connectivity index (χ1) is 12.4. The standard InChI is InChI=1S/C18H21N5O3/c1-13-17(14(2)22(21-13)11-3-10-19)8-9-18(24)20-12-15-4-6-16(7-5-15)23(25)26/h4-7H,3,8-9,11-12H2,1-2H3,(H,20,24). The molecule has 0 saturated carbocycles. The van der Waals surface area contributed by atoms with Gasteiger partial charge in [-0.1, -0.05) is 12.1 Å². The second-order valence-electron chi connectivity index (χ2n) is 5.98. The third kappa shape index (κ3) is 4.89. The van der Waals surface area contributed by atoms with Gasteiger partial charge in [-0.25, -0.2) is 0 Å². The molecule has 0 unspecified atom stereocenters. The van der Waals surface area contributed by atoms with E-state index in [0.717, 1.165) is 22.5 Å². The predicted octanol–water partition coefficient (Wildman–Crippen LogP) is 2.57. The lowest BCUT2D eigenvalue weighted by atomic mass is 10.1. The molecule has 0 aliphatic rings. The second-order valence-corrected chi connectivity index (χ2v) is 5.98. The Bertz CT molecular complexity index is 834. The Kier molecular flexibility index (Phi) is 6.44. The van der Waals surface area contributed by atoms with Gasteiger partial charge in [0.1, 0.15) is 0 Å². The molecule has 0 radical (unpaired) electrons. The maximum absolute atomic E-state index is 12.1. The first kappa shape index (κ1) is 19.1. The van der Waals surface area contributed by atoms with Crippen LogP contribution in [0.15, 0.2) is 24.3 Å². The number of amides is 1. The van der Waals surface area contributed by atoms with Crippen LogP contribution in [0.25, 0.3) is 0 Å². The molecule has 1 aromatic heterocycles. The van der Waals surface area contributed by atoms with Gasteiger partial charge in [-0.3, -0.25) is 19.6 Å². The quantitative estimate of drug-likeness (QED) is 0.577. The Hall–Kier alpha value is -3.21. The minimum Gasteiger partial charge on any atom is -0.352 e. The number of non-ortho nitro benzene ring substituents is 1. The molecule has 0 spiro atoms. The van der Waals surface area contributed by atoms with E-state index in [2.05, 4.69) is 16.5 Å². The molecule has 1 N–H and O–H groups in total. The van der Waals surface area contributed by atoms with Crippen LogP contribution in [0.4, 0.5) is 5.69 Å². The van der Waals surface area contributed by atoms with Crippen molar-refractivity contribution in [1.29, 1.82) is 5.26 Å². The van der Waals surface area contributed by atoms with Crippen molar-refractivity contribution in [2.24, 2.45) is 0 Å². The lowest BCUT2D eigenvalue weighted by Gasteiger charge is -2.06. The van der Waals surface area contributed by atoms with Crippen molar-refractivity contribution < 1.29 is 9.72 Å². The van der Waals surface area contributed by atoms with Gasteiger partial charge in [0.05, 0.1) is 29.7 Å². The van der Waals surface area contributed by atoms with E-state index in [1.165, 1.54) is 12.1 Å². The smallest absolute Gasteiger partial charge is 0.269 e. The van der Waals surface area contributed by atoms with Crippen molar-refractivity contribution >= 4 is 11.6 Å². The number of nitrogens with one attached hydrogen (secondary N) is 1. The predicted molar refractivity (Wildman–Crippen MR) is 95.2 cm³/mol. The van der Waals surface area contributed by atoms with Crippen molar-refractivity contribution in [2.45, 2.75) is 46.2 Å². The van der Waals surface area contributed by atoms with Crippen molar-refractivity contribution in [3.8, 4) is 6.07 Å². The highest BCUT2D eigenvalue weighted by molar-refractivity contribution is 5.76. The minimum atomic E-state index is -0.455. The molecular weight excluding hydrogens is 334 g/mol. The second kappa shape index (κ2) is 8.76. The van der Waals surface area contributed by atoms with Crippen LogP contribution in [-0.2, 0) is 24.3 Å². The molecule has 136 valence electrons. The summed E-state index contributed by atoms with van der Waals surface area (Å²) >= 11 is 0. The summed E-state index contributed by atoms with van der Waals surface area (Å²) in [5.74, 6) is -0.0908. The van der Waals surface area contributed by atoms with E-state index in [4.69, 9.17) is 5.26 Å². The van der Waals surface area contributed by atoms with Gasteiger partial charge in [-0.2, -0.15) is 10.4 Å². The van der Waals surface area contributed by atoms with Gasteiger partial charge in [0.2, 0.25) is 5.91 Å². The van der Waals surface area contributed by atoms with Gasteiger partial charge >= 0.3 is 0 Å². The van der Waals surface area contributed by atoms with Gasteiger partial charge in [0.25, 0.3) is 5.69 Å². The summed E-state index contributed by atoms with van der Waals surface area (Å²) in [6.07, 6.45) is 1.31. The molecule has 1 heterocycles. The highest BCUT2D eigenvalue weighted by atomic mass is 16.6. The maximum atomic E-state index is 12.1. The SMILES string of the molecule is Cc1nn(CCC#N)c(C)c1CCC(=O)NCc1ccc([N+](=O)[O-])cc1. The number of hydrogen-bond acceptors (Lipinski definition) is 5. The molecule has 1 aromatic carbocycles. The van der Waals surface area contributed by atoms with Crippen molar-refractivity contribution in [1.82, 2.24) is 15.1 Å². The monoisotopic (exact) mass is 355 g/mol. The molecule has 0 saturated heterocycles. The number of nitro groups is 1. The van der Waals surface area contributed by atoms with E-state index in [-0.39, 0.29) is 11.6 Å². The number of carbonyl (C=O) groups is 1. The molecular formula is C18H21N5O3. The van der Waals surface area contributed by atoms with Crippen molar-refractivity contribution in [3.63, 3.8) is 0 Å². The number of carbonyl (C=O) groups excluding carboxylic acids is 1. The average Bonchev–Trinajstić information content (AvgIpc) is 2.90. The normalized spacial score (nSPS) is 10.3. The number of nitro benzene ring substituents is 1. The lowest BCUT2D eigenvalue weighted by molar-refractivity contribution is -0.384. The van der Waals surface area contributed by atoms with Gasteiger partial charge in [-0.15, -0.1) is 0 Å². The number of nitriles is 1. The molecule has 0 aliphatic carbocycles. The highest BCUT2D eigenvalue weighted by Crippen LogP contribution is 2.16. The molecule has 1 amide bonds. The third-order valence-corrected chi connectivity index (χ3v) is 4.21. The van der Waals surface area contributed by atoms with Crippen LogP contribution in [0.5, 0.6) is 0 Å². The fourth-order valence-corrected chi connectivity index (χ4v) is 2.73. The molecule has 8 nitrogen and oxygen atoms in total. The zero-order chi connectivity index (χ0) is 19.1. The summed E-state index contributed by atoms with van der Waals surface area (Å²) in [4.78, 5) is 22.2. The maximum Gasteiger partial charge on any atom is 0.269 e. The summed E-state index contributed by atoms with van der Waals surface area (Å²) in [7, 11) is 0. The molecule has 0 aliphatic heterocycles. The van der Waals surface area contributed by atoms with Crippen LogP contribution >= 0.6 is 0 Å². The first-order valence-corrected chi connectivity index (χ1v) is 8.32. The molecule has 2 aromatic rings. The topological polar surface area (TPSA) is 114 Å². The average molecular weight is 355 g/mol. The van der Waals surface area contributed by atoms with Gasteiger partial charge in [0, 0.05) is 30.8 Å². The highest BCUT2D eigenvalue weighted by Gasteiger charge is 2.13. The molecule has 2 rings (SSSR count). The molecule has 8 heteroatoms. The molecule has 0 bridgehead atoms. The zero-order valence-corrected chi connectivity index (χ0v) is 14.9. The van der Waals surface area contributed by atoms with Crippen LogP contribution in [0.3, 0.4) is 0 Å². The van der Waals surface area contributed by atoms with Crippen molar-refractivity contribution in [2.75, 3.05) is 0 Å². The van der Waals surface area contributed by atoms with E-state index in [0.29, 0.717) is 32.4 Å². The summed E-state index contributed by atoms with van der Waals surface area (Å²) in [5, 5.41) is 26.6. The first-order valence-electron chi connectivity index (χ1n) is 8.32. The molecule has 0 atom stereocenters. The Morgan fingerprint density at radius 3 is 2.65 bits per heavy atom. The number of aromatic nitrogens is 2. The van der Waals surface area contributed by atoms with E-state index in [9.17, 15) is 14.9 Å². The summed E-state index contributed by atoms with van der Waals surface area (Å²) in [6, 6.07) is 8.20. The largest absolute Gasteiger partial charge is 0.352 e. The fourth-order valence-electron chi connectivity index (χ4n) is 2.73. The molecule has 0 fully saturated rings. The number of rotatable bonds is 8. The van der Waals surface area contributed by atoms with Crippen LogP contribution in [0, 0.1) is 35.3 Å². The lowest BCUT2D eigenvalue weighted by Crippen LogP contribution is -2.23. The minimum absolute atomic E-state index is 0.0273. The van der Waals surface area contributed by atoms with Crippen molar-refractivity contribution in [3.05, 3.63) is 56.9 Å². The summed E-state index contributed by atoms with van der Waals surface area (Å²) < 4.78 is 1.81. The van der Waals surface area contributed by atoms with Gasteiger partial charge in [-0.05, 0) is 31.4 Å². The van der Waals surface area contributed by atoms with Crippen LogP contribution in [-0.4, -0.2) is 20.6 Å². The Labute approximate surface area is 151 Å². The number of benzene rings is 1. The Morgan fingerprint density at radius 2 is 2.04 bits per heavy atom. The third-order valence-electron chi connectivity index (χ3n) is 4.21. The summed E-state index contributed by atoms with van der Waals surface area (Å²) in [5.41, 5.74) is 3.73. The Morgan fingerprint density at radius 1 is 1.35 bits per heavy atom. The fraction of sp³-hybridized carbons (Fsp3) is 0.389. The number of nitrogens with zero attached hydrogens (tertiary/aromatic N) is 4. The number of aryl methyl sites for hydroxylation is 2. The van der Waals surface area contributed by atoms with Gasteiger partial charge < -0.3 is 5.32 Å². The zero-order valence-electron chi connectivity index (χ0n) is 14.9. The van der Waals surface area contributed by atoms with E-state index < -0.39 is 4.92 Å². The van der Waals surface area contributed by atoms with E-state index in [1.54, 1.807) is 12.1 Å². The Balaban J connectivity index is 1.86. The van der Waals surface area contributed by atoms with E-state index >= 15 is 0 Å². The van der Waals surface area contributed by atoms with E-state index in [1.807, 2.05) is 18.5 Å². The molecule has 26 heavy (non-hydrogen) atoms. The number of hydrogen-bond donors (Lipinski definition) is 1. The summed E-state index contributed by atoms with van der Waals surface area (Å²) in [6.45, 7) is 4.73.